The molecule has 0 amide bonds. The smallest absolute Gasteiger partial charge is 0.267 e. The highest BCUT2D eigenvalue weighted by molar-refractivity contribution is 5.56. The lowest BCUT2D eigenvalue weighted by Gasteiger charge is -2.05. The van der Waals surface area contributed by atoms with Crippen molar-refractivity contribution in [2.75, 3.05) is 11.5 Å². The Bertz CT molecular complexity index is 303. The molecule has 0 aliphatic rings. The summed E-state index contributed by atoms with van der Waals surface area (Å²) < 4.78 is 24.2. The van der Waals surface area contributed by atoms with E-state index in [1.54, 1.807) is 0 Å². The first-order valence-corrected chi connectivity index (χ1v) is 3.05. The van der Waals surface area contributed by atoms with E-state index in [1.165, 1.54) is 0 Å². The molecular formula is C6H7F2N3O. The van der Waals surface area contributed by atoms with Gasteiger partial charge in [0.25, 0.3) is 6.43 Å². The van der Waals surface area contributed by atoms with E-state index in [0.717, 1.165) is 6.07 Å². The molecule has 0 atom stereocenters. The summed E-state index contributed by atoms with van der Waals surface area (Å²) in [6, 6.07) is 0.885. The Hall–Kier alpha value is -1.59. The molecule has 0 saturated carbocycles. The van der Waals surface area contributed by atoms with Crippen molar-refractivity contribution in [3.63, 3.8) is 0 Å². The van der Waals surface area contributed by atoms with E-state index >= 15 is 0 Å². The van der Waals surface area contributed by atoms with Gasteiger partial charge in [0, 0.05) is 0 Å². The summed E-state index contributed by atoms with van der Waals surface area (Å²) in [5, 5.41) is 8.97. The average Bonchev–Trinajstić information content (AvgIpc) is 1.96. The zero-order chi connectivity index (χ0) is 9.30. The number of anilines is 2. The van der Waals surface area contributed by atoms with Gasteiger partial charge in [0.1, 0.15) is 5.82 Å². The van der Waals surface area contributed by atoms with E-state index in [-0.39, 0.29) is 11.6 Å². The Kier molecular flexibility index (Phi) is 1.99. The van der Waals surface area contributed by atoms with Crippen LogP contribution in [-0.4, -0.2) is 10.1 Å². The maximum absolute atomic E-state index is 12.1. The van der Waals surface area contributed by atoms with E-state index in [1.807, 2.05) is 0 Å². The van der Waals surface area contributed by atoms with Crippen LogP contribution < -0.4 is 11.5 Å². The van der Waals surface area contributed by atoms with Crippen molar-refractivity contribution in [1.29, 1.82) is 0 Å². The molecule has 12 heavy (non-hydrogen) atoms. The Balaban J connectivity index is 3.28. The number of aromatic nitrogens is 1. The summed E-state index contributed by atoms with van der Waals surface area (Å²) in [5.74, 6) is -1.23. The molecule has 0 aromatic carbocycles. The van der Waals surface area contributed by atoms with E-state index in [4.69, 9.17) is 16.6 Å². The zero-order valence-electron chi connectivity index (χ0n) is 5.96. The topological polar surface area (TPSA) is 85.2 Å². The number of hydrogen-bond donors (Lipinski definition) is 3. The number of aromatic hydroxyl groups is 1. The summed E-state index contributed by atoms with van der Waals surface area (Å²) in [7, 11) is 0. The largest absolute Gasteiger partial charge is 0.504 e. The number of hydrogen-bond acceptors (Lipinski definition) is 4. The first kappa shape index (κ1) is 8.51. The molecule has 5 N–H and O–H groups in total. The summed E-state index contributed by atoms with van der Waals surface area (Å²) in [4.78, 5) is 3.39. The SMILES string of the molecule is Nc1cc(C(F)F)c(O)c(N)n1. The molecule has 1 aromatic heterocycles. The summed E-state index contributed by atoms with van der Waals surface area (Å²) in [6.45, 7) is 0. The van der Waals surface area contributed by atoms with Crippen LogP contribution in [0, 0.1) is 0 Å². The van der Waals surface area contributed by atoms with Gasteiger partial charge < -0.3 is 16.6 Å². The van der Waals surface area contributed by atoms with Gasteiger partial charge in [-0.3, -0.25) is 0 Å². The molecular weight excluding hydrogens is 168 g/mol. The number of nitrogen functional groups attached to an aromatic ring is 2. The number of nitrogens with two attached hydrogens (primary N) is 2. The molecule has 0 saturated heterocycles. The number of alkyl halides is 2. The monoisotopic (exact) mass is 175 g/mol. The van der Waals surface area contributed by atoms with Crippen LogP contribution in [0.4, 0.5) is 20.4 Å². The van der Waals surface area contributed by atoms with Gasteiger partial charge in [-0.15, -0.1) is 0 Å². The van der Waals surface area contributed by atoms with Gasteiger partial charge in [-0.05, 0) is 6.07 Å². The molecule has 66 valence electrons. The van der Waals surface area contributed by atoms with Crippen LogP contribution in [0.3, 0.4) is 0 Å². The van der Waals surface area contributed by atoms with Crippen LogP contribution in [0.2, 0.25) is 0 Å². The minimum Gasteiger partial charge on any atom is -0.504 e. The third-order valence-electron chi connectivity index (χ3n) is 1.30. The predicted molar refractivity (Wildman–Crippen MR) is 39.7 cm³/mol. The van der Waals surface area contributed by atoms with E-state index in [2.05, 4.69) is 4.98 Å². The van der Waals surface area contributed by atoms with Crippen LogP contribution >= 0.6 is 0 Å². The predicted octanol–water partition coefficient (Wildman–Crippen LogP) is 0.889. The zero-order valence-corrected chi connectivity index (χ0v) is 5.96. The normalized spacial score (nSPS) is 10.6. The van der Waals surface area contributed by atoms with Crippen molar-refractivity contribution in [2.24, 2.45) is 0 Å². The molecule has 6 heteroatoms. The Morgan fingerprint density at radius 2 is 2.00 bits per heavy atom. The van der Waals surface area contributed by atoms with E-state index < -0.39 is 17.7 Å². The van der Waals surface area contributed by atoms with Gasteiger partial charge in [-0.1, -0.05) is 0 Å². The quantitative estimate of drug-likeness (QED) is 0.591. The maximum Gasteiger partial charge on any atom is 0.267 e. The van der Waals surface area contributed by atoms with Gasteiger partial charge >= 0.3 is 0 Å². The van der Waals surface area contributed by atoms with Gasteiger partial charge in [-0.25, -0.2) is 13.8 Å². The van der Waals surface area contributed by atoms with Crippen LogP contribution in [-0.2, 0) is 0 Å². The summed E-state index contributed by atoms with van der Waals surface area (Å²) in [5.41, 5.74) is 9.62. The first-order chi connectivity index (χ1) is 5.52. The van der Waals surface area contributed by atoms with Crippen LogP contribution in [0.25, 0.3) is 0 Å². The lowest BCUT2D eigenvalue weighted by Crippen LogP contribution is -1.99. The van der Waals surface area contributed by atoms with Gasteiger partial charge in [0.2, 0.25) is 0 Å². The second kappa shape index (κ2) is 2.80. The highest BCUT2D eigenvalue weighted by atomic mass is 19.3. The third kappa shape index (κ3) is 1.36. The van der Waals surface area contributed by atoms with Crippen LogP contribution in [0.5, 0.6) is 5.75 Å². The Morgan fingerprint density at radius 3 is 2.50 bits per heavy atom. The number of halogens is 2. The van der Waals surface area contributed by atoms with Crippen molar-refractivity contribution in [3.05, 3.63) is 11.6 Å². The van der Waals surface area contributed by atoms with Crippen molar-refractivity contribution in [3.8, 4) is 5.75 Å². The fourth-order valence-electron chi connectivity index (χ4n) is 0.766. The molecule has 1 aromatic rings. The minimum absolute atomic E-state index is 0.138. The van der Waals surface area contributed by atoms with E-state index in [9.17, 15) is 8.78 Å². The standard InChI is InChI=1S/C6H7F2N3O/c7-5(8)2-1-3(9)11-6(10)4(2)12/h1,5,12H,(H4,9,10,11). The van der Waals surface area contributed by atoms with Crippen LogP contribution in [0.15, 0.2) is 6.07 Å². The van der Waals surface area contributed by atoms with Gasteiger partial charge in [-0.2, -0.15) is 0 Å². The Labute approximate surface area is 66.8 Å². The third-order valence-corrected chi connectivity index (χ3v) is 1.30. The fourth-order valence-corrected chi connectivity index (χ4v) is 0.766. The second-order valence-electron chi connectivity index (χ2n) is 2.17. The first-order valence-electron chi connectivity index (χ1n) is 3.05. The minimum atomic E-state index is -2.81. The molecule has 1 heterocycles. The molecule has 0 aliphatic carbocycles. The molecule has 0 unspecified atom stereocenters. The molecule has 4 nitrogen and oxygen atoms in total. The highest BCUT2D eigenvalue weighted by Gasteiger charge is 2.16. The van der Waals surface area contributed by atoms with Gasteiger partial charge in [0.15, 0.2) is 11.6 Å². The van der Waals surface area contributed by atoms with Crippen molar-refractivity contribution in [2.45, 2.75) is 6.43 Å². The molecule has 0 spiro atoms. The molecule has 0 radical (unpaired) electrons. The number of nitrogens with zero attached hydrogens (tertiary/aromatic N) is 1. The number of pyridine rings is 1. The van der Waals surface area contributed by atoms with E-state index in [0.29, 0.717) is 0 Å². The van der Waals surface area contributed by atoms with Gasteiger partial charge in [0.05, 0.1) is 5.56 Å². The average molecular weight is 175 g/mol. The van der Waals surface area contributed by atoms with Crippen molar-refractivity contribution in [1.82, 2.24) is 4.98 Å². The van der Waals surface area contributed by atoms with Crippen molar-refractivity contribution >= 4 is 11.6 Å². The van der Waals surface area contributed by atoms with Crippen molar-refractivity contribution < 1.29 is 13.9 Å². The highest BCUT2D eigenvalue weighted by Crippen LogP contribution is 2.32. The molecule has 0 bridgehead atoms. The Morgan fingerprint density at radius 1 is 1.42 bits per heavy atom. The lowest BCUT2D eigenvalue weighted by atomic mass is 10.2. The molecule has 0 fully saturated rings. The lowest BCUT2D eigenvalue weighted by molar-refractivity contribution is 0.147. The summed E-state index contributed by atoms with van der Waals surface area (Å²) >= 11 is 0. The second-order valence-corrected chi connectivity index (χ2v) is 2.17. The molecule has 0 aliphatic heterocycles. The summed E-state index contributed by atoms with van der Waals surface area (Å²) in [6.07, 6.45) is -2.81. The number of rotatable bonds is 1. The maximum atomic E-state index is 12.1. The van der Waals surface area contributed by atoms with Crippen LogP contribution in [0.1, 0.15) is 12.0 Å². The molecule has 1 rings (SSSR count). The fraction of sp³-hybridized carbons (Fsp3) is 0.167.